The Morgan fingerprint density at radius 2 is 1.81 bits per heavy atom. The molecule has 0 radical (unpaired) electrons. The predicted octanol–water partition coefficient (Wildman–Crippen LogP) is 3.24. The SMILES string of the molecule is CS(=O)(=O)Cc1ccc(C(=O)NC(C#N)c2cccc(C(F)(F)F)c2)cc1. The molecule has 0 spiro atoms. The number of hydrogen-bond donors (Lipinski definition) is 1. The third-order valence-electron chi connectivity index (χ3n) is 3.60. The zero-order chi connectivity index (χ0) is 20.2. The summed E-state index contributed by atoms with van der Waals surface area (Å²) >= 11 is 0. The first kappa shape index (κ1) is 20.5. The molecule has 1 unspecified atom stereocenters. The van der Waals surface area contributed by atoms with Crippen molar-refractivity contribution in [3.05, 3.63) is 70.8 Å². The summed E-state index contributed by atoms with van der Waals surface area (Å²) in [6, 6.07) is 10.3. The van der Waals surface area contributed by atoms with Crippen LogP contribution < -0.4 is 5.32 Å². The average Bonchev–Trinajstić information content (AvgIpc) is 2.58. The highest BCUT2D eigenvalue weighted by molar-refractivity contribution is 7.89. The molecule has 9 heteroatoms. The zero-order valence-corrected chi connectivity index (χ0v) is 14.9. The number of nitrogens with one attached hydrogen (secondary N) is 1. The number of sulfone groups is 1. The molecule has 1 amide bonds. The summed E-state index contributed by atoms with van der Waals surface area (Å²) < 4.78 is 60.9. The van der Waals surface area contributed by atoms with Crippen LogP contribution in [-0.4, -0.2) is 20.6 Å². The van der Waals surface area contributed by atoms with E-state index >= 15 is 0 Å². The number of nitrogens with zero attached hydrogens (tertiary/aromatic N) is 1. The van der Waals surface area contributed by atoms with Crippen LogP contribution in [0.25, 0.3) is 0 Å². The summed E-state index contributed by atoms with van der Waals surface area (Å²) in [4.78, 5) is 12.3. The smallest absolute Gasteiger partial charge is 0.333 e. The summed E-state index contributed by atoms with van der Waals surface area (Å²) in [7, 11) is -3.22. The maximum atomic E-state index is 12.8. The number of rotatable bonds is 5. The summed E-state index contributed by atoms with van der Waals surface area (Å²) in [5.74, 6) is -0.843. The van der Waals surface area contributed by atoms with Crippen LogP contribution in [-0.2, 0) is 21.8 Å². The average molecular weight is 396 g/mol. The molecule has 2 rings (SSSR count). The van der Waals surface area contributed by atoms with E-state index in [0.29, 0.717) is 5.56 Å². The van der Waals surface area contributed by atoms with Gasteiger partial charge in [-0.1, -0.05) is 24.3 Å². The molecule has 0 aliphatic carbocycles. The lowest BCUT2D eigenvalue weighted by atomic mass is 10.0. The van der Waals surface area contributed by atoms with Gasteiger partial charge in [-0.25, -0.2) is 8.42 Å². The van der Waals surface area contributed by atoms with Crippen molar-refractivity contribution in [1.82, 2.24) is 5.32 Å². The Kier molecular flexibility index (Phi) is 5.91. The number of nitriles is 1. The van der Waals surface area contributed by atoms with E-state index in [-0.39, 0.29) is 16.9 Å². The van der Waals surface area contributed by atoms with E-state index in [4.69, 9.17) is 0 Å². The molecule has 1 atom stereocenters. The lowest BCUT2D eigenvalue weighted by Gasteiger charge is -2.14. The summed E-state index contributed by atoms with van der Waals surface area (Å²) in [5, 5.41) is 11.6. The van der Waals surface area contributed by atoms with Gasteiger partial charge in [0.2, 0.25) is 0 Å². The molecule has 1 N–H and O–H groups in total. The van der Waals surface area contributed by atoms with Gasteiger partial charge in [0.1, 0.15) is 6.04 Å². The molecule has 0 fully saturated rings. The molecule has 142 valence electrons. The lowest BCUT2D eigenvalue weighted by molar-refractivity contribution is -0.137. The Morgan fingerprint density at radius 3 is 2.33 bits per heavy atom. The number of carbonyl (C=O) groups is 1. The monoisotopic (exact) mass is 396 g/mol. The highest BCUT2D eigenvalue weighted by atomic mass is 32.2. The molecule has 0 bridgehead atoms. The van der Waals surface area contributed by atoms with E-state index in [2.05, 4.69) is 5.32 Å². The second-order valence-electron chi connectivity index (χ2n) is 5.93. The van der Waals surface area contributed by atoms with Crippen molar-refractivity contribution >= 4 is 15.7 Å². The fourth-order valence-electron chi connectivity index (χ4n) is 2.35. The van der Waals surface area contributed by atoms with Crippen LogP contribution in [0.15, 0.2) is 48.5 Å². The van der Waals surface area contributed by atoms with Crippen LogP contribution in [0.1, 0.15) is 33.1 Å². The number of benzene rings is 2. The van der Waals surface area contributed by atoms with E-state index in [1.54, 1.807) is 6.07 Å². The second-order valence-corrected chi connectivity index (χ2v) is 8.07. The van der Waals surface area contributed by atoms with Crippen molar-refractivity contribution in [2.45, 2.75) is 18.0 Å². The molecule has 0 aliphatic rings. The van der Waals surface area contributed by atoms with Crippen LogP contribution in [0, 0.1) is 11.3 Å². The highest BCUT2D eigenvalue weighted by Gasteiger charge is 2.31. The Hall–Kier alpha value is -2.86. The largest absolute Gasteiger partial charge is 0.416 e. The van der Waals surface area contributed by atoms with Crippen LogP contribution in [0.3, 0.4) is 0 Å². The van der Waals surface area contributed by atoms with E-state index in [1.165, 1.54) is 30.3 Å². The van der Waals surface area contributed by atoms with Crippen molar-refractivity contribution in [2.24, 2.45) is 0 Å². The molecule has 0 saturated carbocycles. The normalized spacial score (nSPS) is 12.9. The van der Waals surface area contributed by atoms with Crippen molar-refractivity contribution in [1.29, 1.82) is 5.26 Å². The zero-order valence-electron chi connectivity index (χ0n) is 14.1. The van der Waals surface area contributed by atoms with Crippen molar-refractivity contribution in [2.75, 3.05) is 6.26 Å². The molecule has 0 aliphatic heterocycles. The van der Waals surface area contributed by atoms with Crippen LogP contribution in [0.4, 0.5) is 13.2 Å². The Balaban J connectivity index is 2.17. The number of amides is 1. The third kappa shape index (κ3) is 5.82. The Labute approximate surface area is 154 Å². The third-order valence-corrected chi connectivity index (χ3v) is 4.45. The summed E-state index contributed by atoms with van der Waals surface area (Å²) in [6.45, 7) is 0. The molecular formula is C18H15F3N2O3S. The van der Waals surface area contributed by atoms with E-state index in [1.807, 2.05) is 0 Å². The van der Waals surface area contributed by atoms with Gasteiger partial charge in [0.15, 0.2) is 9.84 Å². The van der Waals surface area contributed by atoms with Crippen LogP contribution in [0.5, 0.6) is 0 Å². The maximum Gasteiger partial charge on any atom is 0.416 e. The van der Waals surface area contributed by atoms with Gasteiger partial charge in [0.05, 0.1) is 17.4 Å². The number of hydrogen-bond acceptors (Lipinski definition) is 4. The van der Waals surface area contributed by atoms with Gasteiger partial charge < -0.3 is 5.32 Å². The highest BCUT2D eigenvalue weighted by Crippen LogP contribution is 2.30. The van der Waals surface area contributed by atoms with Crippen LogP contribution in [0.2, 0.25) is 0 Å². The predicted molar refractivity (Wildman–Crippen MR) is 92.3 cm³/mol. The fourth-order valence-corrected chi connectivity index (χ4v) is 3.15. The molecule has 5 nitrogen and oxygen atoms in total. The minimum absolute atomic E-state index is 0.00868. The van der Waals surface area contributed by atoms with E-state index < -0.39 is 33.5 Å². The van der Waals surface area contributed by atoms with Gasteiger partial charge >= 0.3 is 6.18 Å². The van der Waals surface area contributed by atoms with Crippen LogP contribution >= 0.6 is 0 Å². The van der Waals surface area contributed by atoms with Gasteiger partial charge in [0.25, 0.3) is 5.91 Å². The summed E-state index contributed by atoms with van der Waals surface area (Å²) in [6.07, 6.45) is -3.48. The Morgan fingerprint density at radius 1 is 1.19 bits per heavy atom. The van der Waals surface area contributed by atoms with Crippen molar-refractivity contribution < 1.29 is 26.4 Å². The quantitative estimate of drug-likeness (QED) is 0.841. The molecule has 0 aromatic heterocycles. The van der Waals surface area contributed by atoms with Gasteiger partial charge in [-0.2, -0.15) is 18.4 Å². The summed E-state index contributed by atoms with van der Waals surface area (Å²) in [5.41, 5.74) is -0.266. The standard InChI is InChI=1S/C18H15F3N2O3S/c1-27(25,26)11-12-5-7-13(8-6-12)17(24)23-16(10-22)14-3-2-4-15(9-14)18(19,20)21/h2-9,16H,11H2,1H3,(H,23,24). The van der Waals surface area contributed by atoms with Gasteiger partial charge in [0, 0.05) is 11.8 Å². The molecule has 0 saturated heterocycles. The first-order chi connectivity index (χ1) is 12.5. The van der Waals surface area contributed by atoms with E-state index in [9.17, 15) is 31.6 Å². The van der Waals surface area contributed by atoms with Gasteiger partial charge in [-0.05, 0) is 35.4 Å². The first-order valence-corrected chi connectivity index (χ1v) is 9.70. The number of carbonyl (C=O) groups excluding carboxylic acids is 1. The molecular weight excluding hydrogens is 381 g/mol. The first-order valence-electron chi connectivity index (χ1n) is 7.64. The van der Waals surface area contributed by atoms with E-state index in [0.717, 1.165) is 24.5 Å². The number of alkyl halides is 3. The van der Waals surface area contributed by atoms with Crippen molar-refractivity contribution in [3.63, 3.8) is 0 Å². The topological polar surface area (TPSA) is 87.0 Å². The van der Waals surface area contributed by atoms with Gasteiger partial charge in [-0.3, -0.25) is 4.79 Å². The molecule has 2 aromatic carbocycles. The molecule has 2 aromatic rings. The fraction of sp³-hybridized carbons (Fsp3) is 0.222. The molecule has 0 heterocycles. The van der Waals surface area contributed by atoms with Gasteiger partial charge in [-0.15, -0.1) is 0 Å². The van der Waals surface area contributed by atoms with Crippen molar-refractivity contribution in [3.8, 4) is 6.07 Å². The Bertz CT molecular complexity index is 978. The minimum atomic E-state index is -4.56. The number of halogens is 3. The minimum Gasteiger partial charge on any atom is -0.333 e. The molecule has 27 heavy (non-hydrogen) atoms. The maximum absolute atomic E-state index is 12.8. The lowest BCUT2D eigenvalue weighted by Crippen LogP contribution is -2.27. The second kappa shape index (κ2) is 7.80.